The Morgan fingerprint density at radius 2 is 1.88 bits per heavy atom. The second-order valence-corrected chi connectivity index (χ2v) is 6.76. The van der Waals surface area contributed by atoms with Gasteiger partial charge in [0, 0.05) is 31.7 Å². The van der Waals surface area contributed by atoms with Gasteiger partial charge in [-0.1, -0.05) is 12.1 Å². The third-order valence-corrected chi connectivity index (χ3v) is 4.78. The van der Waals surface area contributed by atoms with Crippen LogP contribution in [0.15, 0.2) is 24.3 Å². The van der Waals surface area contributed by atoms with E-state index in [0.717, 1.165) is 38.9 Å². The van der Waals surface area contributed by atoms with E-state index in [9.17, 15) is 9.18 Å². The first-order valence-corrected chi connectivity index (χ1v) is 9.04. The van der Waals surface area contributed by atoms with Gasteiger partial charge in [0.05, 0.1) is 0 Å². The van der Waals surface area contributed by atoms with Crippen molar-refractivity contribution in [3.05, 3.63) is 35.6 Å². The first-order valence-electron chi connectivity index (χ1n) is 9.04. The number of amides is 2. The molecule has 0 radical (unpaired) electrons. The summed E-state index contributed by atoms with van der Waals surface area (Å²) in [6, 6.07) is 7.46. The number of urea groups is 1. The lowest BCUT2D eigenvalue weighted by Gasteiger charge is -2.44. The molecule has 134 valence electrons. The summed E-state index contributed by atoms with van der Waals surface area (Å²) in [5.41, 5.74) is 1.19. The van der Waals surface area contributed by atoms with Gasteiger partial charge in [-0.25, -0.2) is 9.18 Å². The van der Waals surface area contributed by atoms with Crippen molar-refractivity contribution in [3.8, 4) is 0 Å². The van der Waals surface area contributed by atoms with E-state index in [1.165, 1.54) is 17.7 Å². The van der Waals surface area contributed by atoms with Crippen LogP contribution in [0.5, 0.6) is 0 Å². The SMILES string of the molecule is CCNC(=O)N1C[C@H](C)N(CCCCc2ccc(F)cc2)C[C@H]1C. The highest BCUT2D eigenvalue weighted by atomic mass is 19.1. The normalized spacial score (nSPS) is 21.8. The average molecular weight is 335 g/mol. The third kappa shape index (κ3) is 5.20. The zero-order chi connectivity index (χ0) is 17.5. The van der Waals surface area contributed by atoms with E-state index in [1.807, 2.05) is 24.0 Å². The lowest BCUT2D eigenvalue weighted by Crippen LogP contribution is -2.60. The van der Waals surface area contributed by atoms with Crippen LogP contribution in [0.3, 0.4) is 0 Å². The van der Waals surface area contributed by atoms with Crippen molar-refractivity contribution in [1.82, 2.24) is 15.1 Å². The van der Waals surface area contributed by atoms with Crippen molar-refractivity contribution in [3.63, 3.8) is 0 Å². The van der Waals surface area contributed by atoms with E-state index < -0.39 is 0 Å². The molecule has 5 heteroatoms. The molecule has 2 amide bonds. The van der Waals surface area contributed by atoms with Gasteiger partial charge in [-0.05, 0) is 64.3 Å². The van der Waals surface area contributed by atoms with Gasteiger partial charge in [-0.3, -0.25) is 4.90 Å². The zero-order valence-corrected chi connectivity index (χ0v) is 15.1. The Morgan fingerprint density at radius 3 is 2.54 bits per heavy atom. The van der Waals surface area contributed by atoms with Crippen molar-refractivity contribution >= 4 is 6.03 Å². The lowest BCUT2D eigenvalue weighted by molar-refractivity contribution is 0.0624. The predicted molar refractivity (Wildman–Crippen MR) is 95.6 cm³/mol. The third-order valence-electron chi connectivity index (χ3n) is 4.78. The number of nitrogens with zero attached hydrogens (tertiary/aromatic N) is 2. The molecule has 0 bridgehead atoms. The minimum atomic E-state index is -0.174. The topological polar surface area (TPSA) is 35.6 Å². The fourth-order valence-corrected chi connectivity index (χ4v) is 3.34. The summed E-state index contributed by atoms with van der Waals surface area (Å²) in [4.78, 5) is 16.5. The van der Waals surface area contributed by atoms with E-state index in [1.54, 1.807) is 0 Å². The number of rotatable bonds is 6. The van der Waals surface area contributed by atoms with E-state index in [4.69, 9.17) is 0 Å². The monoisotopic (exact) mass is 335 g/mol. The largest absolute Gasteiger partial charge is 0.338 e. The summed E-state index contributed by atoms with van der Waals surface area (Å²) < 4.78 is 12.9. The Hall–Kier alpha value is -1.62. The Bertz CT molecular complexity index is 520. The van der Waals surface area contributed by atoms with E-state index in [2.05, 4.69) is 24.1 Å². The summed E-state index contributed by atoms with van der Waals surface area (Å²) >= 11 is 0. The minimum absolute atomic E-state index is 0.0489. The molecule has 1 aromatic rings. The quantitative estimate of drug-likeness (QED) is 0.810. The number of carbonyl (C=O) groups is 1. The fraction of sp³-hybridized carbons (Fsp3) is 0.632. The summed E-state index contributed by atoms with van der Waals surface area (Å²) in [7, 11) is 0. The molecule has 1 aliphatic heterocycles. The predicted octanol–water partition coefficient (Wildman–Crippen LogP) is 3.27. The Morgan fingerprint density at radius 1 is 1.17 bits per heavy atom. The second kappa shape index (κ2) is 9.02. The van der Waals surface area contributed by atoms with Crippen LogP contribution in [-0.4, -0.2) is 54.1 Å². The van der Waals surface area contributed by atoms with Crippen LogP contribution in [0, 0.1) is 5.82 Å². The summed E-state index contributed by atoms with van der Waals surface area (Å²) in [5.74, 6) is -0.174. The number of unbranched alkanes of at least 4 members (excludes halogenated alkanes) is 1. The molecule has 1 saturated heterocycles. The van der Waals surface area contributed by atoms with Crippen LogP contribution < -0.4 is 5.32 Å². The van der Waals surface area contributed by atoms with Gasteiger partial charge in [-0.2, -0.15) is 0 Å². The van der Waals surface area contributed by atoms with Crippen LogP contribution in [-0.2, 0) is 6.42 Å². The number of hydrogen-bond donors (Lipinski definition) is 1. The maximum absolute atomic E-state index is 12.9. The molecule has 0 unspecified atom stereocenters. The maximum Gasteiger partial charge on any atom is 0.317 e. The maximum atomic E-state index is 12.9. The van der Waals surface area contributed by atoms with Gasteiger partial charge in [0.2, 0.25) is 0 Å². The van der Waals surface area contributed by atoms with Gasteiger partial charge in [0.25, 0.3) is 0 Å². The molecular weight excluding hydrogens is 305 g/mol. The average Bonchev–Trinajstić information content (AvgIpc) is 2.56. The number of halogens is 1. The van der Waals surface area contributed by atoms with Gasteiger partial charge < -0.3 is 10.2 Å². The van der Waals surface area contributed by atoms with Gasteiger partial charge in [-0.15, -0.1) is 0 Å². The highest BCUT2D eigenvalue weighted by Crippen LogP contribution is 2.16. The van der Waals surface area contributed by atoms with E-state index in [-0.39, 0.29) is 17.9 Å². The van der Waals surface area contributed by atoms with Crippen LogP contribution in [0.4, 0.5) is 9.18 Å². The Balaban J connectivity index is 1.73. The minimum Gasteiger partial charge on any atom is -0.338 e. The standard InChI is InChI=1S/C19H30FN3O/c1-4-21-19(24)23-14-15(2)22(13-16(23)3)12-6-5-7-17-8-10-18(20)11-9-17/h8-11,15-16H,4-7,12-14H2,1-3H3,(H,21,24)/t15-,16+/m0/s1. The molecule has 1 N–H and O–H groups in total. The number of aryl methyl sites for hydroxylation is 1. The molecule has 0 spiro atoms. The van der Waals surface area contributed by atoms with Crippen molar-refractivity contribution < 1.29 is 9.18 Å². The van der Waals surface area contributed by atoms with Crippen molar-refractivity contribution in [2.24, 2.45) is 0 Å². The zero-order valence-electron chi connectivity index (χ0n) is 15.1. The first kappa shape index (κ1) is 18.7. The molecule has 2 atom stereocenters. The van der Waals surface area contributed by atoms with Gasteiger partial charge in [0.15, 0.2) is 0 Å². The molecule has 0 saturated carbocycles. The number of nitrogens with one attached hydrogen (secondary N) is 1. The number of carbonyl (C=O) groups excluding carboxylic acids is 1. The Labute approximate surface area is 145 Å². The van der Waals surface area contributed by atoms with Crippen LogP contribution in [0.2, 0.25) is 0 Å². The van der Waals surface area contributed by atoms with Crippen molar-refractivity contribution in [2.45, 2.75) is 52.1 Å². The lowest BCUT2D eigenvalue weighted by atomic mass is 10.1. The van der Waals surface area contributed by atoms with Gasteiger partial charge >= 0.3 is 6.03 Å². The van der Waals surface area contributed by atoms with Crippen LogP contribution in [0.1, 0.15) is 39.2 Å². The molecule has 1 heterocycles. The summed E-state index contributed by atoms with van der Waals surface area (Å²) in [6.45, 7) is 9.69. The number of benzene rings is 1. The second-order valence-electron chi connectivity index (χ2n) is 6.76. The van der Waals surface area contributed by atoms with Crippen molar-refractivity contribution in [2.75, 3.05) is 26.2 Å². The van der Waals surface area contributed by atoms with E-state index >= 15 is 0 Å². The smallest absolute Gasteiger partial charge is 0.317 e. The molecule has 1 aliphatic rings. The molecule has 0 aliphatic carbocycles. The van der Waals surface area contributed by atoms with Crippen LogP contribution in [0.25, 0.3) is 0 Å². The fourth-order valence-electron chi connectivity index (χ4n) is 3.34. The number of hydrogen-bond acceptors (Lipinski definition) is 2. The molecular formula is C19H30FN3O. The molecule has 2 rings (SSSR count). The first-order chi connectivity index (χ1) is 11.5. The molecule has 4 nitrogen and oxygen atoms in total. The molecule has 24 heavy (non-hydrogen) atoms. The van der Waals surface area contributed by atoms with Gasteiger partial charge in [0.1, 0.15) is 5.82 Å². The van der Waals surface area contributed by atoms with Crippen LogP contribution >= 0.6 is 0 Å². The van der Waals surface area contributed by atoms with Crippen molar-refractivity contribution in [1.29, 1.82) is 0 Å². The molecule has 1 aromatic carbocycles. The summed E-state index contributed by atoms with van der Waals surface area (Å²) in [6.07, 6.45) is 3.21. The molecule has 1 fully saturated rings. The molecule has 0 aromatic heterocycles. The Kier molecular flexibility index (Phi) is 7.03. The summed E-state index contributed by atoms with van der Waals surface area (Å²) in [5, 5.41) is 2.90. The highest BCUT2D eigenvalue weighted by molar-refractivity contribution is 5.74. The number of piperazine rings is 1. The highest BCUT2D eigenvalue weighted by Gasteiger charge is 2.31. The van der Waals surface area contributed by atoms with E-state index in [0.29, 0.717) is 12.6 Å².